The predicted molar refractivity (Wildman–Crippen MR) is 85.4 cm³/mol. The van der Waals surface area contributed by atoms with Crippen LogP contribution in [-0.4, -0.2) is 42.1 Å². The van der Waals surface area contributed by atoms with E-state index < -0.39 is 5.54 Å². The summed E-state index contributed by atoms with van der Waals surface area (Å²) in [6, 6.07) is 0. The number of hydrogen-bond acceptors (Lipinski definition) is 3. The molecule has 21 heavy (non-hydrogen) atoms. The van der Waals surface area contributed by atoms with Gasteiger partial charge in [-0.25, -0.2) is 0 Å². The van der Waals surface area contributed by atoms with Crippen molar-refractivity contribution in [2.75, 3.05) is 19.7 Å². The minimum absolute atomic E-state index is 0. The third kappa shape index (κ3) is 2.30. The van der Waals surface area contributed by atoms with Crippen molar-refractivity contribution in [3.05, 3.63) is 0 Å². The van der Waals surface area contributed by atoms with Crippen LogP contribution in [0.4, 0.5) is 0 Å². The first-order valence-corrected chi connectivity index (χ1v) is 8.09. The Labute approximate surface area is 134 Å². The lowest BCUT2D eigenvalue weighted by molar-refractivity contribution is -0.230. The molecule has 3 atom stereocenters. The Morgan fingerprint density at radius 2 is 1.86 bits per heavy atom. The minimum Gasteiger partial charge on any atom is -0.377 e. The van der Waals surface area contributed by atoms with Crippen LogP contribution >= 0.6 is 12.4 Å². The van der Waals surface area contributed by atoms with E-state index in [2.05, 4.69) is 20.8 Å². The molecule has 2 N–H and O–H groups in total. The van der Waals surface area contributed by atoms with Crippen LogP contribution < -0.4 is 5.73 Å². The van der Waals surface area contributed by atoms with Crippen LogP contribution in [0, 0.1) is 17.3 Å². The highest BCUT2D eigenvalue weighted by molar-refractivity contribution is 5.89. The third-order valence-corrected chi connectivity index (χ3v) is 6.11. The maximum atomic E-state index is 13.0. The number of piperidine rings is 1. The average Bonchev–Trinajstić information content (AvgIpc) is 2.46. The summed E-state index contributed by atoms with van der Waals surface area (Å²) in [5, 5.41) is 0. The van der Waals surface area contributed by atoms with Crippen molar-refractivity contribution in [2.24, 2.45) is 23.0 Å². The molecule has 0 aromatic carbocycles. The van der Waals surface area contributed by atoms with Gasteiger partial charge in [0, 0.05) is 31.0 Å². The summed E-state index contributed by atoms with van der Waals surface area (Å²) in [6.07, 6.45) is 4.43. The number of ether oxygens (including phenoxy) is 1. The number of carbonyl (C=O) groups excluding carboxylic acids is 1. The van der Waals surface area contributed by atoms with Crippen molar-refractivity contribution in [3.8, 4) is 0 Å². The van der Waals surface area contributed by atoms with Gasteiger partial charge in [-0.15, -0.1) is 12.4 Å². The minimum atomic E-state index is -0.724. The first-order chi connectivity index (χ1) is 9.39. The van der Waals surface area contributed by atoms with Crippen molar-refractivity contribution >= 4 is 18.3 Å². The van der Waals surface area contributed by atoms with E-state index in [9.17, 15) is 4.79 Å². The van der Waals surface area contributed by atoms with Gasteiger partial charge in [0.15, 0.2) is 0 Å². The molecular formula is C16H29ClN2O2. The van der Waals surface area contributed by atoms with Gasteiger partial charge >= 0.3 is 0 Å². The van der Waals surface area contributed by atoms with Crippen molar-refractivity contribution in [3.63, 3.8) is 0 Å². The van der Waals surface area contributed by atoms with Gasteiger partial charge in [-0.3, -0.25) is 4.79 Å². The second-order valence-corrected chi connectivity index (χ2v) is 7.61. The van der Waals surface area contributed by atoms with Crippen LogP contribution in [0.3, 0.4) is 0 Å². The maximum Gasteiger partial charge on any atom is 0.243 e. The summed E-state index contributed by atoms with van der Waals surface area (Å²) in [6.45, 7) is 9.02. The Morgan fingerprint density at radius 3 is 2.48 bits per heavy atom. The number of carbonyl (C=O) groups is 1. The van der Waals surface area contributed by atoms with Gasteiger partial charge in [-0.2, -0.15) is 0 Å². The van der Waals surface area contributed by atoms with Crippen LogP contribution in [0.15, 0.2) is 0 Å². The van der Waals surface area contributed by atoms with Gasteiger partial charge in [-0.1, -0.05) is 20.8 Å². The lowest BCUT2D eigenvalue weighted by atomic mass is 9.46. The Bertz CT molecular complexity index is 407. The monoisotopic (exact) mass is 316 g/mol. The molecule has 1 amide bonds. The molecule has 1 aliphatic carbocycles. The first-order valence-electron chi connectivity index (χ1n) is 8.09. The van der Waals surface area contributed by atoms with E-state index >= 15 is 0 Å². The molecular weight excluding hydrogens is 288 g/mol. The average molecular weight is 317 g/mol. The number of amides is 1. The van der Waals surface area contributed by atoms with Gasteiger partial charge in [-0.05, 0) is 31.6 Å². The highest BCUT2D eigenvalue weighted by Gasteiger charge is 2.70. The summed E-state index contributed by atoms with van der Waals surface area (Å²) in [7, 11) is 0. The fraction of sp³-hybridized carbons (Fsp3) is 0.938. The standard InChI is InChI=1S/C16H28N2O2.ClH/c1-11-6-8-18(9-7-11)14(19)16(17)12-5-4-10-20-13(12)15(16,2)3;/h11-13H,4-10,17H2,1-3H3;1H. The van der Waals surface area contributed by atoms with Crippen molar-refractivity contribution in [2.45, 2.75) is 58.1 Å². The summed E-state index contributed by atoms with van der Waals surface area (Å²) in [5.41, 5.74) is 5.70. The molecule has 0 aromatic heterocycles. The number of halogens is 1. The van der Waals surface area contributed by atoms with Crippen molar-refractivity contribution < 1.29 is 9.53 Å². The summed E-state index contributed by atoms with van der Waals surface area (Å²) in [4.78, 5) is 15.0. The molecule has 5 heteroatoms. The van der Waals surface area contributed by atoms with E-state index in [0.717, 1.165) is 51.3 Å². The first kappa shape index (κ1) is 17.0. The van der Waals surface area contributed by atoms with Gasteiger partial charge in [0.05, 0.1) is 6.10 Å². The van der Waals surface area contributed by atoms with Crippen molar-refractivity contribution in [1.29, 1.82) is 0 Å². The number of rotatable bonds is 1. The molecule has 2 aliphatic heterocycles. The van der Waals surface area contributed by atoms with Crippen LogP contribution in [-0.2, 0) is 9.53 Å². The zero-order chi connectivity index (χ0) is 14.5. The van der Waals surface area contributed by atoms with Gasteiger partial charge in [0.2, 0.25) is 5.91 Å². The quantitative estimate of drug-likeness (QED) is 0.807. The van der Waals surface area contributed by atoms with Crippen molar-refractivity contribution in [1.82, 2.24) is 4.90 Å². The van der Waals surface area contributed by atoms with E-state index in [0.29, 0.717) is 0 Å². The number of likely N-dealkylation sites (tertiary alicyclic amines) is 1. The lowest BCUT2D eigenvalue weighted by Crippen LogP contribution is -2.82. The van der Waals surface area contributed by atoms with E-state index in [1.165, 1.54) is 0 Å². The molecule has 4 nitrogen and oxygen atoms in total. The second kappa shape index (κ2) is 5.71. The molecule has 3 rings (SSSR count). The second-order valence-electron chi connectivity index (χ2n) is 7.61. The fourth-order valence-corrected chi connectivity index (χ4v) is 4.48. The molecule has 0 bridgehead atoms. The Balaban J connectivity index is 0.00000161. The Hall–Kier alpha value is -0.320. The van der Waals surface area contributed by atoms with Crippen LogP contribution in [0.25, 0.3) is 0 Å². The molecule has 3 unspecified atom stereocenters. The molecule has 0 spiro atoms. The molecule has 0 aromatic rings. The maximum absolute atomic E-state index is 13.0. The zero-order valence-corrected chi connectivity index (χ0v) is 14.2. The van der Waals surface area contributed by atoms with Crippen LogP contribution in [0.5, 0.6) is 0 Å². The van der Waals surface area contributed by atoms with Gasteiger partial charge in [0.25, 0.3) is 0 Å². The smallest absolute Gasteiger partial charge is 0.243 e. The number of nitrogens with zero attached hydrogens (tertiary/aromatic N) is 1. The Morgan fingerprint density at radius 1 is 1.24 bits per heavy atom. The SMILES string of the molecule is CC1CCN(C(=O)C2(N)C3CCCOC3C2(C)C)CC1.Cl. The molecule has 122 valence electrons. The fourth-order valence-electron chi connectivity index (χ4n) is 4.48. The lowest BCUT2D eigenvalue weighted by Gasteiger charge is -2.66. The molecule has 2 heterocycles. The molecule has 2 saturated heterocycles. The summed E-state index contributed by atoms with van der Waals surface area (Å²) < 4.78 is 5.89. The molecule has 3 aliphatic rings. The highest BCUT2D eigenvalue weighted by atomic mass is 35.5. The summed E-state index contributed by atoms with van der Waals surface area (Å²) >= 11 is 0. The van der Waals surface area contributed by atoms with E-state index in [1.54, 1.807) is 0 Å². The van der Waals surface area contributed by atoms with Crippen LogP contribution in [0.1, 0.15) is 46.5 Å². The normalized spacial score (nSPS) is 39.0. The van der Waals surface area contributed by atoms with Gasteiger partial charge in [0.1, 0.15) is 5.54 Å². The Kier molecular flexibility index (Phi) is 4.63. The third-order valence-electron chi connectivity index (χ3n) is 6.11. The zero-order valence-electron chi connectivity index (χ0n) is 13.4. The van der Waals surface area contributed by atoms with E-state index in [-0.39, 0.29) is 35.8 Å². The largest absolute Gasteiger partial charge is 0.377 e. The number of nitrogens with two attached hydrogens (primary N) is 1. The van der Waals surface area contributed by atoms with Crippen LogP contribution in [0.2, 0.25) is 0 Å². The molecule has 3 fully saturated rings. The highest BCUT2D eigenvalue weighted by Crippen LogP contribution is 2.58. The predicted octanol–water partition coefficient (Wildman–Crippen LogP) is 2.20. The summed E-state index contributed by atoms with van der Waals surface area (Å²) in [5.74, 6) is 1.10. The molecule has 0 radical (unpaired) electrons. The topological polar surface area (TPSA) is 55.6 Å². The molecule has 1 saturated carbocycles. The van der Waals surface area contributed by atoms with E-state index in [4.69, 9.17) is 10.5 Å². The number of hydrogen-bond donors (Lipinski definition) is 1. The van der Waals surface area contributed by atoms with Gasteiger partial charge < -0.3 is 15.4 Å². The van der Waals surface area contributed by atoms with E-state index in [1.807, 2.05) is 4.90 Å². The number of fused-ring (bicyclic) bond motifs is 1.